The number of hydrogen-bond acceptors (Lipinski definition) is 3. The van der Waals surface area contributed by atoms with E-state index in [0.717, 1.165) is 27.4 Å². The van der Waals surface area contributed by atoms with Crippen LogP contribution >= 0.6 is 23.2 Å². The highest BCUT2D eigenvalue weighted by Gasteiger charge is 2.12. The van der Waals surface area contributed by atoms with Crippen molar-refractivity contribution < 1.29 is 9.47 Å². The van der Waals surface area contributed by atoms with E-state index in [1.165, 1.54) is 5.56 Å². The number of ether oxygens (including phenoxy) is 2. The van der Waals surface area contributed by atoms with Crippen LogP contribution in [-0.2, 0) is 13.2 Å². The zero-order chi connectivity index (χ0) is 20.8. The molecule has 1 N–H and O–H groups in total. The van der Waals surface area contributed by atoms with Crippen LogP contribution in [0.15, 0.2) is 54.6 Å². The molecule has 3 aromatic rings. The first kappa shape index (κ1) is 21.4. The van der Waals surface area contributed by atoms with Crippen LogP contribution in [0, 0.1) is 13.8 Å². The number of anilines is 1. The molecule has 0 heterocycles. The summed E-state index contributed by atoms with van der Waals surface area (Å²) in [5.41, 5.74) is 5.21. The maximum absolute atomic E-state index is 6.53. The summed E-state index contributed by atoms with van der Waals surface area (Å²) in [4.78, 5) is 0. The van der Waals surface area contributed by atoms with Crippen LogP contribution in [0.1, 0.15) is 29.2 Å². The quantitative estimate of drug-likeness (QED) is 0.410. The van der Waals surface area contributed by atoms with Crippen molar-refractivity contribution in [3.8, 4) is 11.5 Å². The minimum Gasteiger partial charge on any atom is -0.490 e. The number of rotatable bonds is 8. The minimum atomic E-state index is 0.456. The van der Waals surface area contributed by atoms with Gasteiger partial charge in [0.25, 0.3) is 0 Å². The van der Waals surface area contributed by atoms with Gasteiger partial charge in [-0.3, -0.25) is 0 Å². The van der Waals surface area contributed by atoms with Crippen LogP contribution in [0.5, 0.6) is 11.5 Å². The van der Waals surface area contributed by atoms with Gasteiger partial charge in [-0.15, -0.1) is 0 Å². The Morgan fingerprint density at radius 1 is 0.862 bits per heavy atom. The van der Waals surface area contributed by atoms with Gasteiger partial charge in [-0.2, -0.15) is 0 Å². The topological polar surface area (TPSA) is 30.5 Å². The molecule has 152 valence electrons. The lowest BCUT2D eigenvalue weighted by Gasteiger charge is -2.16. The van der Waals surface area contributed by atoms with Gasteiger partial charge in [-0.25, -0.2) is 0 Å². The third-order valence-corrected chi connectivity index (χ3v) is 5.30. The lowest BCUT2D eigenvalue weighted by molar-refractivity contribution is 0.269. The van der Waals surface area contributed by atoms with E-state index in [1.807, 2.05) is 56.3 Å². The number of benzene rings is 3. The fourth-order valence-corrected chi connectivity index (χ4v) is 3.36. The Morgan fingerprint density at radius 2 is 1.66 bits per heavy atom. The molecule has 5 heteroatoms. The molecule has 29 heavy (non-hydrogen) atoms. The van der Waals surface area contributed by atoms with Crippen molar-refractivity contribution in [3.05, 3.63) is 86.9 Å². The summed E-state index contributed by atoms with van der Waals surface area (Å²) in [5.74, 6) is 1.32. The first-order valence-electron chi connectivity index (χ1n) is 9.60. The largest absolute Gasteiger partial charge is 0.490 e. The van der Waals surface area contributed by atoms with Gasteiger partial charge in [0.05, 0.1) is 6.61 Å². The molecule has 0 amide bonds. The molecule has 0 saturated carbocycles. The van der Waals surface area contributed by atoms with Crippen LogP contribution in [0.2, 0.25) is 10.0 Å². The van der Waals surface area contributed by atoms with E-state index in [4.69, 9.17) is 32.7 Å². The van der Waals surface area contributed by atoms with Gasteiger partial charge in [0.15, 0.2) is 11.5 Å². The molecule has 3 aromatic carbocycles. The second-order valence-corrected chi connectivity index (χ2v) is 7.73. The zero-order valence-electron chi connectivity index (χ0n) is 16.9. The Morgan fingerprint density at radius 3 is 2.38 bits per heavy atom. The predicted octanol–water partition coefficient (Wildman–Crippen LogP) is 7.20. The van der Waals surface area contributed by atoms with E-state index in [-0.39, 0.29) is 0 Å². The Bertz CT molecular complexity index is 989. The summed E-state index contributed by atoms with van der Waals surface area (Å²) in [6.07, 6.45) is 0. The van der Waals surface area contributed by atoms with Gasteiger partial charge in [-0.05, 0) is 55.7 Å². The molecule has 0 unspecified atom stereocenters. The predicted molar refractivity (Wildman–Crippen MR) is 122 cm³/mol. The molecule has 0 aliphatic carbocycles. The van der Waals surface area contributed by atoms with Crippen molar-refractivity contribution in [1.29, 1.82) is 0 Å². The number of halogens is 2. The molecule has 0 spiro atoms. The molecular formula is C24H25Cl2NO2. The van der Waals surface area contributed by atoms with Crippen LogP contribution in [0.25, 0.3) is 0 Å². The molecule has 0 atom stereocenters. The lowest BCUT2D eigenvalue weighted by Crippen LogP contribution is -2.04. The molecule has 0 fully saturated rings. The summed E-state index contributed by atoms with van der Waals surface area (Å²) in [6, 6.07) is 17.9. The van der Waals surface area contributed by atoms with Gasteiger partial charge in [0.1, 0.15) is 6.61 Å². The Balaban J connectivity index is 1.75. The molecular weight excluding hydrogens is 405 g/mol. The highest BCUT2D eigenvalue weighted by molar-refractivity contribution is 6.32. The average Bonchev–Trinajstić information content (AvgIpc) is 2.69. The van der Waals surface area contributed by atoms with E-state index < -0.39 is 0 Å². The highest BCUT2D eigenvalue weighted by atomic mass is 35.5. The van der Waals surface area contributed by atoms with Crippen LogP contribution in [0.4, 0.5) is 5.69 Å². The second-order valence-electron chi connectivity index (χ2n) is 6.92. The maximum Gasteiger partial charge on any atom is 0.163 e. The zero-order valence-corrected chi connectivity index (χ0v) is 18.4. The molecule has 0 bridgehead atoms. The van der Waals surface area contributed by atoms with E-state index in [9.17, 15) is 0 Å². The molecule has 0 radical (unpaired) electrons. The first-order valence-corrected chi connectivity index (χ1v) is 10.4. The second kappa shape index (κ2) is 9.91. The maximum atomic E-state index is 6.53. The standard InChI is InChI=1S/C24H25Cl2NO2/c1-4-28-23-11-19(14-27-20-9-8-17(3)21(25)12-20)22(26)13-24(23)29-15-18-7-5-6-16(2)10-18/h5-13,27H,4,14-15H2,1-3H3. The van der Waals surface area contributed by atoms with Crippen molar-refractivity contribution in [3.63, 3.8) is 0 Å². The Hall–Kier alpha value is -2.36. The summed E-state index contributed by atoms with van der Waals surface area (Å²) in [7, 11) is 0. The minimum absolute atomic E-state index is 0.456. The van der Waals surface area contributed by atoms with Crippen LogP contribution in [0.3, 0.4) is 0 Å². The monoisotopic (exact) mass is 429 g/mol. The number of hydrogen-bond donors (Lipinski definition) is 1. The highest BCUT2D eigenvalue weighted by Crippen LogP contribution is 2.35. The summed E-state index contributed by atoms with van der Waals surface area (Å²) in [5, 5.41) is 4.71. The average molecular weight is 430 g/mol. The van der Waals surface area contributed by atoms with Crippen molar-refractivity contribution >= 4 is 28.9 Å². The van der Waals surface area contributed by atoms with Gasteiger partial charge < -0.3 is 14.8 Å². The van der Waals surface area contributed by atoms with Gasteiger partial charge in [0.2, 0.25) is 0 Å². The number of nitrogens with one attached hydrogen (secondary N) is 1. The number of aryl methyl sites for hydroxylation is 2. The Labute approximate surface area is 182 Å². The SMILES string of the molecule is CCOc1cc(CNc2ccc(C)c(Cl)c2)c(Cl)cc1OCc1cccc(C)c1. The lowest BCUT2D eigenvalue weighted by atomic mass is 10.1. The van der Waals surface area contributed by atoms with E-state index in [1.54, 1.807) is 0 Å². The summed E-state index contributed by atoms with van der Waals surface area (Å²) < 4.78 is 11.8. The van der Waals surface area contributed by atoms with Crippen LogP contribution in [-0.4, -0.2) is 6.61 Å². The third kappa shape index (κ3) is 5.81. The van der Waals surface area contributed by atoms with Crippen LogP contribution < -0.4 is 14.8 Å². The fraction of sp³-hybridized carbons (Fsp3) is 0.250. The summed E-state index contributed by atoms with van der Waals surface area (Å²) in [6.45, 7) is 7.55. The van der Waals surface area contributed by atoms with Crippen molar-refractivity contribution in [2.75, 3.05) is 11.9 Å². The van der Waals surface area contributed by atoms with Crippen molar-refractivity contribution in [1.82, 2.24) is 0 Å². The Kier molecular flexibility index (Phi) is 7.29. The van der Waals surface area contributed by atoms with E-state index >= 15 is 0 Å². The molecule has 0 aliphatic heterocycles. The van der Waals surface area contributed by atoms with Gasteiger partial charge >= 0.3 is 0 Å². The van der Waals surface area contributed by atoms with Gasteiger partial charge in [-0.1, -0.05) is 59.1 Å². The molecule has 3 nitrogen and oxygen atoms in total. The summed E-state index contributed by atoms with van der Waals surface area (Å²) >= 11 is 12.7. The first-order chi connectivity index (χ1) is 14.0. The normalized spacial score (nSPS) is 10.7. The van der Waals surface area contributed by atoms with Crippen molar-refractivity contribution in [2.45, 2.75) is 33.9 Å². The van der Waals surface area contributed by atoms with E-state index in [2.05, 4.69) is 24.4 Å². The smallest absolute Gasteiger partial charge is 0.163 e. The molecule has 3 rings (SSSR count). The third-order valence-electron chi connectivity index (χ3n) is 4.54. The van der Waals surface area contributed by atoms with E-state index in [0.29, 0.717) is 36.3 Å². The molecule has 0 aromatic heterocycles. The van der Waals surface area contributed by atoms with Gasteiger partial charge in [0, 0.05) is 28.3 Å². The molecule has 0 aliphatic rings. The molecule has 0 saturated heterocycles. The fourth-order valence-electron chi connectivity index (χ4n) is 2.96. The van der Waals surface area contributed by atoms with Crippen molar-refractivity contribution in [2.24, 2.45) is 0 Å².